The van der Waals surface area contributed by atoms with Crippen molar-refractivity contribution in [1.82, 2.24) is 0 Å². The minimum atomic E-state index is -0.631. The number of nitriles is 2. The van der Waals surface area contributed by atoms with Gasteiger partial charge in [-0.05, 0) is 12.1 Å². The predicted octanol–water partition coefficient (Wildman–Crippen LogP) is 3.47. The monoisotopic (exact) mass is 331 g/mol. The number of Topliss-reactive ketones (excluding diaryl/α,β-unsaturated/α-hetero) is 1. The first-order chi connectivity index (χ1) is 11.8. The fourth-order valence-electron chi connectivity index (χ4n) is 3.55. The number of carbonyl (C=O) groups is 1. The highest BCUT2D eigenvalue weighted by Crippen LogP contribution is 2.54. The molecular weight excluding hydrogens is 318 g/mol. The van der Waals surface area contributed by atoms with Gasteiger partial charge < -0.3 is 4.90 Å². The van der Waals surface area contributed by atoms with E-state index < -0.39 is 17.9 Å². The molecule has 0 spiro atoms. The van der Waals surface area contributed by atoms with Crippen molar-refractivity contribution in [2.24, 2.45) is 11.8 Å². The molecule has 2 aliphatic heterocycles. The van der Waals surface area contributed by atoms with Gasteiger partial charge in [-0.1, -0.05) is 54.2 Å². The van der Waals surface area contributed by atoms with Crippen molar-refractivity contribution < 1.29 is 4.79 Å². The molecule has 4 rings (SSSR count). The summed E-state index contributed by atoms with van der Waals surface area (Å²) in [4.78, 5) is 16.2. The standard InChI is InChI=1S/C19H13N3OS/c20-10-13-14(11-21)19-22(15-8-4-5-9-16(15)24-19)17(13)18(23)12-6-2-1-3-7-12/h1-9,13-14,17,19H/t13-,14+,17-,19?/m0/s1. The number of rotatable bonds is 2. The fraction of sp³-hybridized carbons (Fsp3) is 0.211. The van der Waals surface area contributed by atoms with E-state index in [0.717, 1.165) is 10.6 Å². The van der Waals surface area contributed by atoms with E-state index in [-0.39, 0.29) is 11.2 Å². The Labute approximate surface area is 144 Å². The van der Waals surface area contributed by atoms with Gasteiger partial charge >= 0.3 is 0 Å². The number of fused-ring (bicyclic) bond motifs is 3. The van der Waals surface area contributed by atoms with Gasteiger partial charge in [-0.3, -0.25) is 4.79 Å². The summed E-state index contributed by atoms with van der Waals surface area (Å²) < 4.78 is 0. The molecule has 0 aliphatic carbocycles. The Bertz CT molecular complexity index is 883. The molecule has 24 heavy (non-hydrogen) atoms. The lowest BCUT2D eigenvalue weighted by Crippen LogP contribution is -2.40. The molecule has 2 heterocycles. The van der Waals surface area contributed by atoms with Crippen molar-refractivity contribution >= 4 is 23.2 Å². The number of ketones is 1. The van der Waals surface area contributed by atoms with Crippen LogP contribution in [0.15, 0.2) is 59.5 Å². The molecule has 0 saturated carbocycles. The van der Waals surface area contributed by atoms with E-state index in [1.807, 2.05) is 47.4 Å². The second kappa shape index (κ2) is 5.70. The molecule has 1 unspecified atom stereocenters. The zero-order valence-electron chi connectivity index (χ0n) is 12.7. The van der Waals surface area contributed by atoms with Crippen molar-refractivity contribution in [3.63, 3.8) is 0 Å². The number of hydrogen-bond acceptors (Lipinski definition) is 5. The predicted molar refractivity (Wildman–Crippen MR) is 91.3 cm³/mol. The summed E-state index contributed by atoms with van der Waals surface area (Å²) in [6, 6.07) is 20.7. The van der Waals surface area contributed by atoms with E-state index >= 15 is 0 Å². The summed E-state index contributed by atoms with van der Waals surface area (Å²) in [5.41, 5.74) is 1.52. The van der Waals surface area contributed by atoms with Gasteiger partial charge in [-0.2, -0.15) is 10.5 Å². The average molecular weight is 331 g/mol. The summed E-state index contributed by atoms with van der Waals surface area (Å²) in [5, 5.41) is 19.1. The van der Waals surface area contributed by atoms with Crippen LogP contribution in [0.1, 0.15) is 10.4 Å². The van der Waals surface area contributed by atoms with E-state index in [2.05, 4.69) is 12.1 Å². The fourth-order valence-corrected chi connectivity index (χ4v) is 5.00. The number of thioether (sulfide) groups is 1. The molecule has 1 fully saturated rings. The van der Waals surface area contributed by atoms with E-state index in [4.69, 9.17) is 0 Å². The third-order valence-electron chi connectivity index (χ3n) is 4.62. The Morgan fingerprint density at radius 3 is 2.33 bits per heavy atom. The molecule has 1 saturated heterocycles. The van der Waals surface area contributed by atoms with Crippen molar-refractivity contribution in [3.05, 3.63) is 60.2 Å². The summed E-state index contributed by atoms with van der Waals surface area (Å²) in [5.74, 6) is -1.22. The molecular formula is C19H13N3OS. The molecule has 2 aromatic carbocycles. The maximum Gasteiger partial charge on any atom is 0.186 e. The van der Waals surface area contributed by atoms with Crippen molar-refractivity contribution in [2.75, 3.05) is 4.90 Å². The smallest absolute Gasteiger partial charge is 0.186 e. The van der Waals surface area contributed by atoms with Crippen LogP contribution in [0.2, 0.25) is 0 Å². The maximum absolute atomic E-state index is 13.1. The van der Waals surface area contributed by atoms with E-state index in [9.17, 15) is 15.3 Å². The van der Waals surface area contributed by atoms with Crippen molar-refractivity contribution in [2.45, 2.75) is 16.3 Å². The van der Waals surface area contributed by atoms with Gasteiger partial charge in [0.15, 0.2) is 5.78 Å². The number of para-hydroxylation sites is 1. The van der Waals surface area contributed by atoms with Gasteiger partial charge in [0.1, 0.15) is 6.04 Å². The highest BCUT2D eigenvalue weighted by Gasteiger charge is 2.56. The molecule has 4 atom stereocenters. The summed E-state index contributed by atoms with van der Waals surface area (Å²) >= 11 is 1.58. The van der Waals surface area contributed by atoms with Gasteiger partial charge in [-0.25, -0.2) is 0 Å². The molecule has 116 valence electrons. The van der Waals surface area contributed by atoms with Crippen LogP contribution in [0, 0.1) is 34.5 Å². The quantitative estimate of drug-likeness (QED) is 0.788. The minimum Gasteiger partial charge on any atom is -0.345 e. The molecule has 0 N–H and O–H groups in total. The number of carbonyl (C=O) groups excluding carboxylic acids is 1. The zero-order valence-corrected chi connectivity index (χ0v) is 13.5. The van der Waals surface area contributed by atoms with Crippen molar-refractivity contribution in [1.29, 1.82) is 10.5 Å². The van der Waals surface area contributed by atoms with Crippen LogP contribution in [0.4, 0.5) is 5.69 Å². The minimum absolute atomic E-state index is 0.0952. The van der Waals surface area contributed by atoms with E-state index in [1.54, 1.807) is 23.9 Å². The first-order valence-electron chi connectivity index (χ1n) is 7.69. The van der Waals surface area contributed by atoms with Crippen LogP contribution in [0.5, 0.6) is 0 Å². The lowest BCUT2D eigenvalue weighted by molar-refractivity contribution is 0.0949. The van der Waals surface area contributed by atoms with Crippen LogP contribution in [-0.4, -0.2) is 17.2 Å². The van der Waals surface area contributed by atoms with Crippen LogP contribution in [0.3, 0.4) is 0 Å². The molecule has 0 radical (unpaired) electrons. The maximum atomic E-state index is 13.1. The number of benzene rings is 2. The van der Waals surface area contributed by atoms with E-state index in [1.165, 1.54) is 0 Å². The lowest BCUT2D eigenvalue weighted by Gasteiger charge is -2.26. The highest BCUT2D eigenvalue weighted by molar-refractivity contribution is 8.00. The molecule has 5 heteroatoms. The third kappa shape index (κ3) is 2.02. The molecule has 2 aromatic rings. The number of hydrogen-bond donors (Lipinski definition) is 0. The largest absolute Gasteiger partial charge is 0.345 e. The van der Waals surface area contributed by atoms with Crippen LogP contribution < -0.4 is 4.90 Å². The van der Waals surface area contributed by atoms with Gasteiger partial charge in [0.2, 0.25) is 0 Å². The van der Waals surface area contributed by atoms with E-state index in [0.29, 0.717) is 5.56 Å². The normalized spacial score (nSPS) is 27.0. The highest BCUT2D eigenvalue weighted by atomic mass is 32.2. The lowest BCUT2D eigenvalue weighted by atomic mass is 9.88. The number of anilines is 1. The van der Waals surface area contributed by atoms with Crippen molar-refractivity contribution in [3.8, 4) is 12.1 Å². The van der Waals surface area contributed by atoms with Gasteiger partial charge in [0, 0.05) is 10.5 Å². The first-order valence-corrected chi connectivity index (χ1v) is 8.56. The van der Waals surface area contributed by atoms with Crippen LogP contribution >= 0.6 is 11.8 Å². The average Bonchev–Trinajstić information content (AvgIpc) is 3.15. The summed E-state index contributed by atoms with van der Waals surface area (Å²) in [7, 11) is 0. The van der Waals surface area contributed by atoms with Gasteiger partial charge in [-0.15, -0.1) is 0 Å². The SMILES string of the molecule is N#C[C@@H]1[C@@H](C(=O)c2ccccc2)N2c3ccccc3SC2[C@@H]1C#N. The Morgan fingerprint density at radius 2 is 1.62 bits per heavy atom. The Hall–Kier alpha value is -2.76. The molecule has 0 bridgehead atoms. The second-order valence-electron chi connectivity index (χ2n) is 5.87. The molecule has 0 aromatic heterocycles. The van der Waals surface area contributed by atoms with Crippen LogP contribution in [0.25, 0.3) is 0 Å². The summed E-state index contributed by atoms with van der Waals surface area (Å²) in [6.45, 7) is 0. The third-order valence-corrected chi connectivity index (χ3v) is 5.99. The van der Waals surface area contributed by atoms with Gasteiger partial charge in [0.05, 0.1) is 35.0 Å². The molecule has 2 aliphatic rings. The Balaban J connectivity index is 1.83. The topological polar surface area (TPSA) is 67.9 Å². The number of nitrogens with zero attached hydrogens (tertiary/aromatic N) is 3. The molecule has 4 nitrogen and oxygen atoms in total. The Morgan fingerprint density at radius 1 is 0.958 bits per heavy atom. The first kappa shape index (κ1) is 14.8. The van der Waals surface area contributed by atoms with Crippen LogP contribution in [-0.2, 0) is 0 Å². The Kier molecular flexibility index (Phi) is 3.52. The van der Waals surface area contributed by atoms with Gasteiger partial charge in [0.25, 0.3) is 0 Å². The second-order valence-corrected chi connectivity index (χ2v) is 7.03. The molecule has 0 amide bonds. The zero-order chi connectivity index (χ0) is 16.7. The summed E-state index contributed by atoms with van der Waals surface area (Å²) in [6.07, 6.45) is 0.